The molecule has 0 radical (unpaired) electrons. The molecule has 1 aliphatic rings. The van der Waals surface area contributed by atoms with Gasteiger partial charge in [0.25, 0.3) is 0 Å². The molecule has 1 aliphatic heterocycles. The Hall–Kier alpha value is -1.70. The number of carbonyl (C=O) groups is 1. The number of carbonyl (C=O) groups excluding carboxylic acids is 1. The largest absolute Gasteiger partial charge is 0.349 e. The lowest BCUT2D eigenvalue weighted by atomic mass is 9.94. The highest BCUT2D eigenvalue weighted by molar-refractivity contribution is 9.10. The number of hydrogen-bond acceptors (Lipinski definition) is 3. The van der Waals surface area contributed by atoms with Crippen molar-refractivity contribution in [1.29, 1.82) is 0 Å². The van der Waals surface area contributed by atoms with Crippen molar-refractivity contribution in [2.24, 2.45) is 5.92 Å². The zero-order valence-corrected chi connectivity index (χ0v) is 21.0. The van der Waals surface area contributed by atoms with Gasteiger partial charge >= 0.3 is 0 Å². The quantitative estimate of drug-likeness (QED) is 0.611. The summed E-state index contributed by atoms with van der Waals surface area (Å²) in [7, 11) is -3.40. The maximum Gasteiger partial charge on any atom is 0.223 e. The van der Waals surface area contributed by atoms with Gasteiger partial charge in [-0.15, -0.1) is 0 Å². The molecule has 0 aromatic heterocycles. The third kappa shape index (κ3) is 5.96. The average Bonchev–Trinajstić information content (AvgIpc) is 2.70. The predicted octanol–water partition coefficient (Wildman–Crippen LogP) is 4.79. The zero-order valence-electron chi connectivity index (χ0n) is 18.6. The van der Waals surface area contributed by atoms with Crippen molar-refractivity contribution in [3.63, 3.8) is 0 Å². The number of sulfonamides is 1. The predicted molar refractivity (Wildman–Crippen MR) is 128 cm³/mol. The molecule has 2 aromatic carbocycles. The van der Waals surface area contributed by atoms with E-state index in [0.717, 1.165) is 15.6 Å². The molecule has 2 aromatic rings. The summed E-state index contributed by atoms with van der Waals surface area (Å²) in [6.45, 7) is 9.01. The molecule has 0 spiro atoms. The molecule has 168 valence electrons. The summed E-state index contributed by atoms with van der Waals surface area (Å²) in [4.78, 5) is 12.8. The molecule has 0 saturated carbocycles. The normalized spacial score (nSPS) is 16.8. The summed E-state index contributed by atoms with van der Waals surface area (Å²) in [5, 5.41) is 3.14. The van der Waals surface area contributed by atoms with Crippen molar-refractivity contribution in [2.75, 3.05) is 13.1 Å². The number of piperidine rings is 1. The van der Waals surface area contributed by atoms with Crippen LogP contribution in [0.1, 0.15) is 53.6 Å². The lowest BCUT2D eigenvalue weighted by Gasteiger charge is -2.31. The Kier molecular flexibility index (Phi) is 7.60. The summed E-state index contributed by atoms with van der Waals surface area (Å²) in [6.07, 6.45) is 1.09. The van der Waals surface area contributed by atoms with Crippen LogP contribution in [0.25, 0.3) is 0 Å². The van der Waals surface area contributed by atoms with E-state index in [2.05, 4.69) is 54.2 Å². The van der Waals surface area contributed by atoms with E-state index in [1.54, 1.807) is 0 Å². The number of benzene rings is 2. The molecule has 5 nitrogen and oxygen atoms in total. The molecule has 1 atom stereocenters. The van der Waals surface area contributed by atoms with E-state index in [4.69, 9.17) is 0 Å². The van der Waals surface area contributed by atoms with E-state index >= 15 is 0 Å². The van der Waals surface area contributed by atoms with Crippen molar-refractivity contribution >= 4 is 31.9 Å². The molecule has 0 aliphatic carbocycles. The Balaban J connectivity index is 1.57. The van der Waals surface area contributed by atoms with Crippen LogP contribution in [0.3, 0.4) is 0 Å². The van der Waals surface area contributed by atoms with Crippen molar-refractivity contribution in [1.82, 2.24) is 9.62 Å². The van der Waals surface area contributed by atoms with Crippen LogP contribution in [0.2, 0.25) is 0 Å². The van der Waals surface area contributed by atoms with Gasteiger partial charge in [0, 0.05) is 23.5 Å². The summed E-state index contributed by atoms with van der Waals surface area (Å²) in [5.41, 5.74) is 5.52. The highest BCUT2D eigenvalue weighted by Crippen LogP contribution is 2.25. The standard InChI is InChI=1S/C24H31BrN2O3S/c1-16-12-18(3)23(13-17(16)2)19(4)26-24(28)21-8-10-27(11-9-21)31(29,30)15-20-6-5-7-22(25)14-20/h5-7,12-14,19,21H,8-11,15H2,1-4H3,(H,26,28). The molecule has 0 bridgehead atoms. The van der Waals surface area contributed by atoms with Crippen LogP contribution in [0, 0.1) is 26.7 Å². The first-order valence-corrected chi connectivity index (χ1v) is 13.1. The lowest BCUT2D eigenvalue weighted by molar-refractivity contribution is -0.126. The second kappa shape index (κ2) is 9.84. The first-order chi connectivity index (χ1) is 14.6. The van der Waals surface area contributed by atoms with Crippen molar-refractivity contribution in [2.45, 2.75) is 52.3 Å². The average molecular weight is 507 g/mol. The minimum atomic E-state index is -3.40. The summed E-state index contributed by atoms with van der Waals surface area (Å²) in [6, 6.07) is 11.6. The van der Waals surface area contributed by atoms with Crippen LogP contribution in [-0.4, -0.2) is 31.7 Å². The van der Waals surface area contributed by atoms with Gasteiger partial charge < -0.3 is 5.32 Å². The molecular formula is C24H31BrN2O3S. The molecular weight excluding hydrogens is 476 g/mol. The number of halogens is 1. The second-order valence-electron chi connectivity index (χ2n) is 8.58. The van der Waals surface area contributed by atoms with Crippen LogP contribution in [0.15, 0.2) is 40.9 Å². The molecule has 3 rings (SSSR count). The lowest BCUT2D eigenvalue weighted by Crippen LogP contribution is -2.43. The molecule has 7 heteroatoms. The molecule has 31 heavy (non-hydrogen) atoms. The minimum Gasteiger partial charge on any atom is -0.349 e. The van der Waals surface area contributed by atoms with E-state index in [-0.39, 0.29) is 23.6 Å². The van der Waals surface area contributed by atoms with Gasteiger partial charge in [0.05, 0.1) is 11.8 Å². The maximum absolute atomic E-state index is 12.8. The first kappa shape index (κ1) is 24.0. The number of nitrogens with one attached hydrogen (secondary N) is 1. The van der Waals surface area contributed by atoms with Crippen molar-refractivity contribution in [3.8, 4) is 0 Å². The Morgan fingerprint density at radius 2 is 1.74 bits per heavy atom. The molecule has 1 N–H and O–H groups in total. The summed E-state index contributed by atoms with van der Waals surface area (Å²) < 4.78 is 28.0. The molecule has 1 fully saturated rings. The number of hydrogen-bond donors (Lipinski definition) is 1. The summed E-state index contributed by atoms with van der Waals surface area (Å²) >= 11 is 3.38. The molecule has 1 unspecified atom stereocenters. The van der Waals surface area contributed by atoms with Crippen LogP contribution < -0.4 is 5.32 Å². The molecule has 1 saturated heterocycles. The number of rotatable bonds is 6. The number of nitrogens with zero attached hydrogens (tertiary/aromatic N) is 1. The monoisotopic (exact) mass is 506 g/mol. The van der Waals surface area contributed by atoms with Crippen molar-refractivity contribution in [3.05, 3.63) is 68.7 Å². The van der Waals surface area contributed by atoms with Gasteiger partial charge in [0.2, 0.25) is 15.9 Å². The van der Waals surface area contributed by atoms with Gasteiger partial charge in [-0.25, -0.2) is 12.7 Å². The Labute approximate surface area is 194 Å². The van der Waals surface area contributed by atoms with Gasteiger partial charge in [0.1, 0.15) is 0 Å². The van der Waals surface area contributed by atoms with Gasteiger partial charge in [0.15, 0.2) is 0 Å². The smallest absolute Gasteiger partial charge is 0.223 e. The highest BCUT2D eigenvalue weighted by Gasteiger charge is 2.31. The Morgan fingerprint density at radius 1 is 1.10 bits per heavy atom. The van der Waals surface area contributed by atoms with Crippen LogP contribution >= 0.6 is 15.9 Å². The zero-order chi connectivity index (χ0) is 22.8. The topological polar surface area (TPSA) is 66.5 Å². The van der Waals surface area contributed by atoms with E-state index in [1.807, 2.05) is 31.2 Å². The fourth-order valence-corrected chi connectivity index (χ4v) is 6.18. The number of amides is 1. The Morgan fingerprint density at radius 3 is 2.39 bits per heavy atom. The SMILES string of the molecule is Cc1cc(C)c(C(C)NC(=O)C2CCN(S(=O)(=O)Cc3cccc(Br)c3)CC2)cc1C. The molecule has 1 heterocycles. The van der Waals surface area contributed by atoms with Gasteiger partial charge in [-0.2, -0.15) is 0 Å². The van der Waals surface area contributed by atoms with Gasteiger partial charge in [-0.1, -0.05) is 40.2 Å². The third-order valence-electron chi connectivity index (χ3n) is 6.16. The van der Waals surface area contributed by atoms with E-state index < -0.39 is 10.0 Å². The summed E-state index contributed by atoms with van der Waals surface area (Å²) in [5.74, 6) is -0.173. The first-order valence-electron chi connectivity index (χ1n) is 10.7. The van der Waals surface area contributed by atoms with Crippen LogP contribution in [-0.2, 0) is 20.6 Å². The van der Waals surface area contributed by atoms with Crippen LogP contribution in [0.5, 0.6) is 0 Å². The maximum atomic E-state index is 12.8. The highest BCUT2D eigenvalue weighted by atomic mass is 79.9. The number of aryl methyl sites for hydroxylation is 3. The third-order valence-corrected chi connectivity index (χ3v) is 8.51. The van der Waals surface area contributed by atoms with Crippen molar-refractivity contribution < 1.29 is 13.2 Å². The molecule has 1 amide bonds. The van der Waals surface area contributed by atoms with Crippen LogP contribution in [0.4, 0.5) is 0 Å². The Bertz CT molecular complexity index is 1060. The van der Waals surface area contributed by atoms with Gasteiger partial charge in [-0.05, 0) is 80.5 Å². The fourth-order valence-electron chi connectivity index (χ4n) is 4.18. The minimum absolute atomic E-state index is 0.00849. The second-order valence-corrected chi connectivity index (χ2v) is 11.5. The fraction of sp³-hybridized carbons (Fsp3) is 0.458. The van der Waals surface area contributed by atoms with E-state index in [0.29, 0.717) is 25.9 Å². The van der Waals surface area contributed by atoms with Gasteiger partial charge in [-0.3, -0.25) is 4.79 Å². The van der Waals surface area contributed by atoms with E-state index in [1.165, 1.54) is 21.0 Å². The van der Waals surface area contributed by atoms with E-state index in [9.17, 15) is 13.2 Å².